The van der Waals surface area contributed by atoms with Crippen molar-refractivity contribution in [1.82, 2.24) is 4.72 Å². The number of likely N-dealkylation sites (N-methyl/N-ethyl adjacent to an activating group) is 1. The van der Waals surface area contributed by atoms with E-state index >= 15 is 0 Å². The normalized spacial score (nSPS) is 12.0. The zero-order valence-electron chi connectivity index (χ0n) is 10.7. The van der Waals surface area contributed by atoms with Crippen molar-refractivity contribution in [2.24, 2.45) is 0 Å². The Kier molecular flexibility index (Phi) is 6.28. The lowest BCUT2D eigenvalue weighted by molar-refractivity contribution is -0.895. The molecule has 0 spiro atoms. The van der Waals surface area contributed by atoms with E-state index < -0.39 is 10.0 Å². The van der Waals surface area contributed by atoms with Gasteiger partial charge in [0.2, 0.25) is 10.0 Å². The molecule has 2 N–H and O–H groups in total. The number of halogens is 1. The minimum Gasteiger partial charge on any atom is -0.334 e. The molecular formula is C12H20BrN2O2S+. The van der Waals surface area contributed by atoms with Crippen LogP contribution in [0.1, 0.15) is 13.8 Å². The third kappa shape index (κ3) is 4.68. The second-order valence-corrected chi connectivity index (χ2v) is 6.74. The summed E-state index contributed by atoms with van der Waals surface area (Å²) in [5.41, 5.74) is 0. The van der Waals surface area contributed by atoms with E-state index in [0.29, 0.717) is 11.4 Å². The number of hydrogen-bond donors (Lipinski definition) is 2. The van der Waals surface area contributed by atoms with E-state index in [1.54, 1.807) is 24.3 Å². The van der Waals surface area contributed by atoms with E-state index in [-0.39, 0.29) is 0 Å². The van der Waals surface area contributed by atoms with Crippen LogP contribution in [0.2, 0.25) is 0 Å². The van der Waals surface area contributed by atoms with Gasteiger partial charge in [0.1, 0.15) is 0 Å². The Bertz CT molecular complexity index is 473. The van der Waals surface area contributed by atoms with Gasteiger partial charge in [0.15, 0.2) is 0 Å². The van der Waals surface area contributed by atoms with Gasteiger partial charge in [0.25, 0.3) is 0 Å². The molecule has 0 fully saturated rings. The van der Waals surface area contributed by atoms with E-state index in [4.69, 9.17) is 0 Å². The fourth-order valence-corrected chi connectivity index (χ4v) is 3.31. The van der Waals surface area contributed by atoms with Crippen molar-refractivity contribution in [2.45, 2.75) is 18.7 Å². The molecule has 1 rings (SSSR count). The van der Waals surface area contributed by atoms with Crippen LogP contribution in [0.4, 0.5) is 0 Å². The van der Waals surface area contributed by atoms with Gasteiger partial charge in [-0.2, -0.15) is 0 Å². The molecule has 0 heterocycles. The first kappa shape index (κ1) is 15.6. The summed E-state index contributed by atoms with van der Waals surface area (Å²) in [5, 5.41) is 0. The van der Waals surface area contributed by atoms with E-state index in [1.165, 1.54) is 4.90 Å². The van der Waals surface area contributed by atoms with Crippen molar-refractivity contribution in [3.05, 3.63) is 28.7 Å². The van der Waals surface area contributed by atoms with Gasteiger partial charge < -0.3 is 4.90 Å². The van der Waals surface area contributed by atoms with Gasteiger partial charge in [-0.1, -0.05) is 22.0 Å². The predicted octanol–water partition coefficient (Wildman–Crippen LogP) is 0.652. The van der Waals surface area contributed by atoms with Crippen molar-refractivity contribution < 1.29 is 13.3 Å². The summed E-state index contributed by atoms with van der Waals surface area (Å²) in [6, 6.07) is 6.72. The standard InChI is InChI=1S/C12H19BrN2O2S/c1-3-15(4-2)9-8-14-18(16,17)12-7-5-6-11(13)10-12/h5-7,10,14H,3-4,8-9H2,1-2H3/p+1. The van der Waals surface area contributed by atoms with E-state index in [9.17, 15) is 8.42 Å². The lowest BCUT2D eigenvalue weighted by atomic mass is 10.4. The van der Waals surface area contributed by atoms with Crippen LogP contribution in [-0.2, 0) is 10.0 Å². The molecule has 0 bridgehead atoms. The molecule has 0 aliphatic heterocycles. The highest BCUT2D eigenvalue weighted by Crippen LogP contribution is 2.15. The highest BCUT2D eigenvalue weighted by molar-refractivity contribution is 9.10. The minimum atomic E-state index is -3.39. The maximum Gasteiger partial charge on any atom is 0.240 e. The van der Waals surface area contributed by atoms with Gasteiger partial charge >= 0.3 is 0 Å². The van der Waals surface area contributed by atoms with Crippen LogP contribution >= 0.6 is 15.9 Å². The van der Waals surface area contributed by atoms with Crippen LogP contribution < -0.4 is 9.62 Å². The van der Waals surface area contributed by atoms with Gasteiger partial charge in [-0.3, -0.25) is 0 Å². The second kappa shape index (κ2) is 7.23. The molecule has 0 atom stereocenters. The lowest BCUT2D eigenvalue weighted by Gasteiger charge is -2.15. The Labute approximate surface area is 118 Å². The van der Waals surface area contributed by atoms with Crippen LogP contribution in [0.25, 0.3) is 0 Å². The molecule has 0 amide bonds. The van der Waals surface area contributed by atoms with Crippen LogP contribution in [0.3, 0.4) is 0 Å². The highest BCUT2D eigenvalue weighted by Gasteiger charge is 2.14. The summed E-state index contributed by atoms with van der Waals surface area (Å²) in [5.74, 6) is 0. The van der Waals surface area contributed by atoms with E-state index in [1.807, 2.05) is 0 Å². The average Bonchev–Trinajstić information content (AvgIpc) is 2.34. The van der Waals surface area contributed by atoms with Crippen molar-refractivity contribution in [3.8, 4) is 0 Å². The molecule has 0 unspecified atom stereocenters. The number of rotatable bonds is 7. The fraction of sp³-hybridized carbons (Fsp3) is 0.500. The summed E-state index contributed by atoms with van der Waals surface area (Å²) in [7, 11) is -3.39. The number of quaternary nitrogens is 1. The molecule has 0 radical (unpaired) electrons. The van der Waals surface area contributed by atoms with Crippen LogP contribution in [0, 0.1) is 0 Å². The van der Waals surface area contributed by atoms with Gasteiger partial charge in [0.05, 0.1) is 31.1 Å². The highest BCUT2D eigenvalue weighted by atomic mass is 79.9. The van der Waals surface area contributed by atoms with Gasteiger partial charge in [0, 0.05) is 4.47 Å². The first-order chi connectivity index (χ1) is 8.49. The molecule has 102 valence electrons. The van der Waals surface area contributed by atoms with Crippen LogP contribution in [0.15, 0.2) is 33.6 Å². The van der Waals surface area contributed by atoms with Crippen molar-refractivity contribution in [3.63, 3.8) is 0 Å². The number of nitrogens with one attached hydrogen (secondary N) is 2. The monoisotopic (exact) mass is 335 g/mol. The third-order valence-corrected chi connectivity index (χ3v) is 4.83. The summed E-state index contributed by atoms with van der Waals surface area (Å²) >= 11 is 3.27. The van der Waals surface area contributed by atoms with Crippen molar-refractivity contribution in [1.29, 1.82) is 0 Å². The Morgan fingerprint density at radius 1 is 1.28 bits per heavy atom. The second-order valence-electron chi connectivity index (χ2n) is 4.06. The Morgan fingerprint density at radius 3 is 2.50 bits per heavy atom. The molecule has 4 nitrogen and oxygen atoms in total. The van der Waals surface area contributed by atoms with Gasteiger partial charge in [-0.05, 0) is 32.0 Å². The molecule has 6 heteroatoms. The molecule has 0 aliphatic carbocycles. The summed E-state index contributed by atoms with van der Waals surface area (Å²) in [6.45, 7) is 7.49. The molecule has 18 heavy (non-hydrogen) atoms. The lowest BCUT2D eigenvalue weighted by Crippen LogP contribution is -3.12. The predicted molar refractivity (Wildman–Crippen MR) is 76.2 cm³/mol. The van der Waals surface area contributed by atoms with E-state index in [2.05, 4.69) is 34.5 Å². The Morgan fingerprint density at radius 2 is 1.94 bits per heavy atom. The third-order valence-electron chi connectivity index (χ3n) is 2.88. The molecular weight excluding hydrogens is 316 g/mol. The molecule has 0 aromatic heterocycles. The van der Waals surface area contributed by atoms with Gasteiger partial charge in [-0.15, -0.1) is 0 Å². The van der Waals surface area contributed by atoms with Crippen LogP contribution in [0.5, 0.6) is 0 Å². The first-order valence-electron chi connectivity index (χ1n) is 6.08. The minimum absolute atomic E-state index is 0.298. The first-order valence-corrected chi connectivity index (χ1v) is 8.36. The number of benzene rings is 1. The number of sulfonamides is 1. The quantitative estimate of drug-likeness (QED) is 0.768. The van der Waals surface area contributed by atoms with Crippen molar-refractivity contribution >= 4 is 26.0 Å². The largest absolute Gasteiger partial charge is 0.334 e. The zero-order chi connectivity index (χ0) is 13.6. The molecule has 0 saturated heterocycles. The van der Waals surface area contributed by atoms with Crippen LogP contribution in [-0.4, -0.2) is 34.6 Å². The summed E-state index contributed by atoms with van der Waals surface area (Å²) < 4.78 is 27.4. The Hall–Kier alpha value is -0.430. The molecule has 1 aromatic carbocycles. The molecule has 1 aromatic rings. The molecule has 0 saturated carbocycles. The number of hydrogen-bond acceptors (Lipinski definition) is 2. The van der Waals surface area contributed by atoms with E-state index in [0.717, 1.165) is 24.1 Å². The summed E-state index contributed by atoms with van der Waals surface area (Å²) in [4.78, 5) is 1.68. The maximum atomic E-state index is 12.0. The van der Waals surface area contributed by atoms with Gasteiger partial charge in [-0.25, -0.2) is 13.1 Å². The fourth-order valence-electron chi connectivity index (χ4n) is 1.68. The smallest absolute Gasteiger partial charge is 0.240 e. The Balaban J connectivity index is 2.60. The topological polar surface area (TPSA) is 50.6 Å². The molecule has 0 aliphatic rings. The van der Waals surface area contributed by atoms with Crippen molar-refractivity contribution in [2.75, 3.05) is 26.2 Å². The zero-order valence-corrected chi connectivity index (χ0v) is 13.1. The SMILES string of the molecule is CC[NH+](CC)CCNS(=O)(=O)c1cccc(Br)c1. The average molecular weight is 336 g/mol. The maximum absolute atomic E-state index is 12.0. The summed E-state index contributed by atoms with van der Waals surface area (Å²) in [6.07, 6.45) is 0.